The second kappa shape index (κ2) is 7.36. The molecule has 0 amide bonds. The predicted molar refractivity (Wildman–Crippen MR) is 86.8 cm³/mol. The second-order valence-corrected chi connectivity index (χ2v) is 5.58. The van der Waals surface area contributed by atoms with Crippen molar-refractivity contribution in [3.8, 4) is 0 Å². The Kier molecular flexibility index (Phi) is 5.51. The summed E-state index contributed by atoms with van der Waals surface area (Å²) in [6.45, 7) is 4.09. The molecule has 2 aromatic rings. The molecule has 112 valence electrons. The van der Waals surface area contributed by atoms with Crippen LogP contribution in [-0.2, 0) is 13.1 Å². The van der Waals surface area contributed by atoms with Gasteiger partial charge in [-0.15, -0.1) is 0 Å². The summed E-state index contributed by atoms with van der Waals surface area (Å²) in [5.41, 5.74) is 10.2. The van der Waals surface area contributed by atoms with E-state index >= 15 is 0 Å². The number of aliphatic hydroxyl groups excluding tert-OH is 1. The molecule has 0 fully saturated rings. The van der Waals surface area contributed by atoms with Gasteiger partial charge in [0.2, 0.25) is 0 Å². The Morgan fingerprint density at radius 3 is 2.38 bits per heavy atom. The molecule has 21 heavy (non-hydrogen) atoms. The molecule has 3 heteroatoms. The van der Waals surface area contributed by atoms with Crippen LogP contribution in [0.1, 0.15) is 28.4 Å². The van der Waals surface area contributed by atoms with Crippen molar-refractivity contribution in [3.05, 3.63) is 70.8 Å². The lowest BCUT2D eigenvalue weighted by atomic mass is 10.1. The summed E-state index contributed by atoms with van der Waals surface area (Å²) >= 11 is 0. The summed E-state index contributed by atoms with van der Waals surface area (Å²) in [6.07, 6.45) is -0.481. The van der Waals surface area contributed by atoms with Crippen LogP contribution in [-0.4, -0.2) is 23.6 Å². The molecule has 0 aliphatic heterocycles. The number of benzene rings is 2. The standard InChI is InChI=1S/C18H24N2O/c1-14-5-3-4-6-17(14)12-20(2)13-18(21)16-9-7-15(11-19)8-10-16/h3-10,18,21H,11-13,19H2,1-2H3. The van der Waals surface area contributed by atoms with E-state index in [2.05, 4.69) is 30.0 Å². The van der Waals surface area contributed by atoms with Crippen LogP contribution in [0.2, 0.25) is 0 Å². The van der Waals surface area contributed by atoms with Crippen molar-refractivity contribution in [2.75, 3.05) is 13.6 Å². The van der Waals surface area contributed by atoms with Crippen LogP contribution >= 0.6 is 0 Å². The maximum atomic E-state index is 10.3. The predicted octanol–water partition coefficient (Wildman–Crippen LogP) is 2.62. The minimum absolute atomic E-state index is 0.481. The Morgan fingerprint density at radius 1 is 1.10 bits per heavy atom. The zero-order chi connectivity index (χ0) is 15.2. The van der Waals surface area contributed by atoms with Gasteiger partial charge in [-0.05, 0) is 36.2 Å². The lowest BCUT2D eigenvalue weighted by Crippen LogP contribution is -2.24. The van der Waals surface area contributed by atoms with Gasteiger partial charge in [0, 0.05) is 19.6 Å². The van der Waals surface area contributed by atoms with E-state index in [0.29, 0.717) is 13.1 Å². The summed E-state index contributed by atoms with van der Waals surface area (Å²) in [4.78, 5) is 2.14. The first-order valence-corrected chi connectivity index (χ1v) is 7.30. The highest BCUT2D eigenvalue weighted by Gasteiger charge is 2.11. The molecule has 0 aromatic heterocycles. The zero-order valence-corrected chi connectivity index (χ0v) is 12.8. The van der Waals surface area contributed by atoms with Crippen molar-refractivity contribution in [3.63, 3.8) is 0 Å². The van der Waals surface area contributed by atoms with Crippen LogP contribution in [0.5, 0.6) is 0 Å². The first kappa shape index (κ1) is 15.7. The van der Waals surface area contributed by atoms with Gasteiger partial charge in [0.25, 0.3) is 0 Å². The maximum absolute atomic E-state index is 10.3. The summed E-state index contributed by atoms with van der Waals surface area (Å²) in [5, 5.41) is 10.3. The first-order chi connectivity index (χ1) is 10.1. The van der Waals surface area contributed by atoms with Crippen molar-refractivity contribution in [2.24, 2.45) is 5.73 Å². The molecule has 0 saturated carbocycles. The number of nitrogens with zero attached hydrogens (tertiary/aromatic N) is 1. The Balaban J connectivity index is 1.95. The highest BCUT2D eigenvalue weighted by molar-refractivity contribution is 5.26. The molecule has 0 bridgehead atoms. The molecule has 0 aliphatic carbocycles. The Morgan fingerprint density at radius 2 is 1.76 bits per heavy atom. The van der Waals surface area contributed by atoms with Gasteiger partial charge in [-0.2, -0.15) is 0 Å². The minimum Gasteiger partial charge on any atom is -0.387 e. The van der Waals surface area contributed by atoms with Crippen LogP contribution in [0.4, 0.5) is 0 Å². The summed E-state index contributed by atoms with van der Waals surface area (Å²) in [6, 6.07) is 16.2. The highest BCUT2D eigenvalue weighted by Crippen LogP contribution is 2.16. The van der Waals surface area contributed by atoms with Gasteiger partial charge in [-0.25, -0.2) is 0 Å². The third-order valence-electron chi connectivity index (χ3n) is 3.79. The SMILES string of the molecule is Cc1ccccc1CN(C)CC(O)c1ccc(CN)cc1. The van der Waals surface area contributed by atoms with Crippen molar-refractivity contribution in [1.29, 1.82) is 0 Å². The minimum atomic E-state index is -0.481. The fourth-order valence-electron chi connectivity index (χ4n) is 2.42. The zero-order valence-electron chi connectivity index (χ0n) is 12.8. The normalized spacial score (nSPS) is 12.6. The van der Waals surface area contributed by atoms with Crippen LogP contribution < -0.4 is 5.73 Å². The fraction of sp³-hybridized carbons (Fsp3) is 0.333. The lowest BCUT2D eigenvalue weighted by molar-refractivity contribution is 0.123. The van der Waals surface area contributed by atoms with Gasteiger partial charge in [0.15, 0.2) is 0 Å². The second-order valence-electron chi connectivity index (χ2n) is 5.58. The Hall–Kier alpha value is -1.68. The molecule has 0 spiro atoms. The lowest BCUT2D eigenvalue weighted by Gasteiger charge is -2.22. The van der Waals surface area contributed by atoms with E-state index in [1.807, 2.05) is 37.4 Å². The van der Waals surface area contributed by atoms with E-state index in [4.69, 9.17) is 5.73 Å². The van der Waals surface area contributed by atoms with Gasteiger partial charge in [-0.1, -0.05) is 48.5 Å². The molecule has 1 atom stereocenters. The van der Waals surface area contributed by atoms with Crippen LogP contribution in [0.3, 0.4) is 0 Å². The highest BCUT2D eigenvalue weighted by atomic mass is 16.3. The molecule has 2 rings (SSSR count). The number of hydrogen-bond donors (Lipinski definition) is 2. The molecule has 0 radical (unpaired) electrons. The largest absolute Gasteiger partial charge is 0.387 e. The monoisotopic (exact) mass is 284 g/mol. The van der Waals surface area contributed by atoms with Gasteiger partial charge < -0.3 is 10.8 Å². The van der Waals surface area contributed by atoms with E-state index in [1.165, 1.54) is 11.1 Å². The van der Waals surface area contributed by atoms with Crippen molar-refractivity contribution in [1.82, 2.24) is 4.90 Å². The molecule has 2 aromatic carbocycles. The van der Waals surface area contributed by atoms with Crippen LogP contribution in [0.25, 0.3) is 0 Å². The summed E-state index contributed by atoms with van der Waals surface area (Å²) in [7, 11) is 2.03. The molecule has 1 unspecified atom stereocenters. The molecule has 0 saturated heterocycles. The molecule has 0 aliphatic rings. The molecule has 0 heterocycles. The van der Waals surface area contributed by atoms with Crippen molar-refractivity contribution >= 4 is 0 Å². The molecule has 3 N–H and O–H groups in total. The Labute approximate surface area is 127 Å². The van der Waals surface area contributed by atoms with Crippen LogP contribution in [0, 0.1) is 6.92 Å². The number of nitrogens with two attached hydrogens (primary N) is 1. The number of likely N-dealkylation sites (N-methyl/N-ethyl adjacent to an activating group) is 1. The quantitative estimate of drug-likeness (QED) is 0.857. The fourth-order valence-corrected chi connectivity index (χ4v) is 2.42. The molecular weight excluding hydrogens is 260 g/mol. The number of hydrogen-bond acceptors (Lipinski definition) is 3. The van der Waals surface area contributed by atoms with Crippen LogP contribution in [0.15, 0.2) is 48.5 Å². The maximum Gasteiger partial charge on any atom is 0.0916 e. The number of aliphatic hydroxyl groups is 1. The van der Waals surface area contributed by atoms with Gasteiger partial charge >= 0.3 is 0 Å². The smallest absolute Gasteiger partial charge is 0.0916 e. The van der Waals surface area contributed by atoms with E-state index < -0.39 is 6.10 Å². The topological polar surface area (TPSA) is 49.5 Å². The third kappa shape index (κ3) is 4.39. The Bertz CT molecular complexity index is 566. The summed E-state index contributed by atoms with van der Waals surface area (Å²) in [5.74, 6) is 0. The van der Waals surface area contributed by atoms with Gasteiger partial charge in [0.1, 0.15) is 0 Å². The number of rotatable bonds is 6. The summed E-state index contributed by atoms with van der Waals surface area (Å²) < 4.78 is 0. The van der Waals surface area contributed by atoms with E-state index in [-0.39, 0.29) is 0 Å². The average Bonchev–Trinajstić information content (AvgIpc) is 2.49. The van der Waals surface area contributed by atoms with Crippen molar-refractivity contribution < 1.29 is 5.11 Å². The van der Waals surface area contributed by atoms with E-state index in [0.717, 1.165) is 17.7 Å². The third-order valence-corrected chi connectivity index (χ3v) is 3.79. The first-order valence-electron chi connectivity index (χ1n) is 7.30. The number of aryl methyl sites for hydroxylation is 1. The van der Waals surface area contributed by atoms with Crippen molar-refractivity contribution in [2.45, 2.75) is 26.1 Å². The van der Waals surface area contributed by atoms with E-state index in [1.54, 1.807) is 0 Å². The van der Waals surface area contributed by atoms with Gasteiger partial charge in [-0.3, -0.25) is 4.90 Å². The molecular formula is C18H24N2O. The van der Waals surface area contributed by atoms with Gasteiger partial charge in [0.05, 0.1) is 6.10 Å². The average molecular weight is 284 g/mol. The molecule has 3 nitrogen and oxygen atoms in total. The van der Waals surface area contributed by atoms with E-state index in [9.17, 15) is 5.11 Å².